The van der Waals surface area contributed by atoms with Gasteiger partial charge in [-0.25, -0.2) is 15.4 Å². The molecule has 0 radical (unpaired) electrons. The molecule has 2 aromatic rings. The molecule has 0 saturated carbocycles. The summed E-state index contributed by atoms with van der Waals surface area (Å²) in [6.07, 6.45) is -3.28. The van der Waals surface area contributed by atoms with Gasteiger partial charge in [0.25, 0.3) is 0 Å². The largest absolute Gasteiger partial charge is 0.433 e. The van der Waals surface area contributed by atoms with E-state index in [4.69, 9.17) is 0 Å². The Bertz CT molecular complexity index is 636. The number of anilines is 1. The van der Waals surface area contributed by atoms with E-state index in [-0.39, 0.29) is 16.8 Å². The first-order valence-corrected chi connectivity index (χ1v) is 6.13. The number of hydrazone groups is 1. The van der Waals surface area contributed by atoms with Crippen molar-refractivity contribution < 1.29 is 17.6 Å². The van der Waals surface area contributed by atoms with Gasteiger partial charge in [0.2, 0.25) is 5.95 Å². The van der Waals surface area contributed by atoms with Crippen molar-refractivity contribution in [3.05, 3.63) is 39.6 Å². The van der Waals surface area contributed by atoms with Gasteiger partial charge in [-0.3, -0.25) is 0 Å². The third-order valence-electron chi connectivity index (χ3n) is 2.09. The molecule has 0 spiro atoms. The van der Waals surface area contributed by atoms with Crippen LogP contribution in [0, 0.1) is 12.1 Å². The van der Waals surface area contributed by atoms with Crippen LogP contribution in [-0.2, 0) is 6.18 Å². The van der Waals surface area contributed by atoms with E-state index in [1.54, 1.807) is 0 Å². The van der Waals surface area contributed by atoms with Gasteiger partial charge in [-0.2, -0.15) is 22.7 Å². The Kier molecular flexibility index (Phi) is 3.98. The van der Waals surface area contributed by atoms with Crippen LogP contribution in [-0.4, -0.2) is 16.2 Å². The first-order valence-electron chi connectivity index (χ1n) is 5.32. The Balaban J connectivity index is 2.13. The molecule has 0 fully saturated rings. The van der Waals surface area contributed by atoms with E-state index in [2.05, 4.69) is 20.5 Å². The summed E-state index contributed by atoms with van der Waals surface area (Å²) in [5, 5.41) is 3.29. The average molecular weight is 304 g/mol. The lowest BCUT2D eigenvalue weighted by Crippen LogP contribution is -2.11. The standard InChI is InChI=1S/C11H8F4N4S/c1-6-4-8(11(13,14)15)18-10(17-6)19-16-5-7-2-3-9(12)20-7/h2-5H,1H3,(H,17,18,19). The molecule has 0 bridgehead atoms. The van der Waals surface area contributed by atoms with Gasteiger partial charge in [0.15, 0.2) is 5.13 Å². The monoisotopic (exact) mass is 304 g/mol. The fourth-order valence-corrected chi connectivity index (χ4v) is 1.92. The quantitative estimate of drug-likeness (QED) is 0.537. The number of hydrogen-bond donors (Lipinski definition) is 1. The molecular formula is C11H8F4N4S. The van der Waals surface area contributed by atoms with Gasteiger partial charge in [0.05, 0.1) is 11.1 Å². The third-order valence-corrected chi connectivity index (χ3v) is 2.90. The van der Waals surface area contributed by atoms with E-state index in [0.717, 1.165) is 17.4 Å². The van der Waals surface area contributed by atoms with E-state index in [9.17, 15) is 17.6 Å². The topological polar surface area (TPSA) is 50.2 Å². The van der Waals surface area contributed by atoms with Crippen molar-refractivity contribution in [1.29, 1.82) is 0 Å². The minimum atomic E-state index is -4.55. The van der Waals surface area contributed by atoms with Crippen LogP contribution in [0.2, 0.25) is 0 Å². The SMILES string of the molecule is Cc1cc(C(F)(F)F)nc(NN=Cc2ccc(F)s2)n1. The van der Waals surface area contributed by atoms with Crippen LogP contribution >= 0.6 is 11.3 Å². The molecule has 0 atom stereocenters. The normalized spacial score (nSPS) is 12.1. The molecule has 2 heterocycles. The number of rotatable bonds is 3. The van der Waals surface area contributed by atoms with E-state index >= 15 is 0 Å². The average Bonchev–Trinajstić information content (AvgIpc) is 2.73. The summed E-state index contributed by atoms with van der Waals surface area (Å²) >= 11 is 0.857. The van der Waals surface area contributed by atoms with Crippen molar-refractivity contribution in [2.45, 2.75) is 13.1 Å². The molecule has 20 heavy (non-hydrogen) atoms. The number of aromatic nitrogens is 2. The van der Waals surface area contributed by atoms with Crippen LogP contribution in [0.25, 0.3) is 0 Å². The summed E-state index contributed by atoms with van der Waals surface area (Å²) in [4.78, 5) is 7.60. The van der Waals surface area contributed by atoms with Crippen molar-refractivity contribution in [3.8, 4) is 0 Å². The van der Waals surface area contributed by atoms with Gasteiger partial charge in [-0.1, -0.05) is 0 Å². The van der Waals surface area contributed by atoms with Crippen LogP contribution in [0.5, 0.6) is 0 Å². The Morgan fingerprint density at radius 3 is 2.65 bits per heavy atom. The molecule has 106 valence electrons. The maximum Gasteiger partial charge on any atom is 0.433 e. The van der Waals surface area contributed by atoms with E-state index in [1.165, 1.54) is 25.3 Å². The molecule has 0 aliphatic rings. The molecule has 0 aliphatic carbocycles. The third kappa shape index (κ3) is 3.73. The number of hydrogen-bond acceptors (Lipinski definition) is 5. The molecule has 0 saturated heterocycles. The molecule has 4 nitrogen and oxygen atoms in total. The first-order chi connectivity index (χ1) is 9.34. The predicted octanol–water partition coefficient (Wildman–Crippen LogP) is 3.45. The number of aryl methyl sites for hydroxylation is 1. The van der Waals surface area contributed by atoms with E-state index in [1.807, 2.05) is 0 Å². The van der Waals surface area contributed by atoms with Crippen LogP contribution < -0.4 is 5.43 Å². The highest BCUT2D eigenvalue weighted by atomic mass is 32.1. The number of halogens is 4. The molecular weight excluding hydrogens is 296 g/mol. The van der Waals surface area contributed by atoms with E-state index < -0.39 is 11.9 Å². The lowest BCUT2D eigenvalue weighted by Gasteiger charge is -2.07. The summed E-state index contributed by atoms with van der Waals surface area (Å²) in [7, 11) is 0. The zero-order chi connectivity index (χ0) is 14.8. The molecule has 0 amide bonds. The maximum atomic E-state index is 12.7. The molecule has 9 heteroatoms. The summed E-state index contributed by atoms with van der Waals surface area (Å²) in [6, 6.07) is 3.59. The predicted molar refractivity (Wildman–Crippen MR) is 67.3 cm³/mol. The number of thiophene rings is 1. The van der Waals surface area contributed by atoms with Gasteiger partial charge < -0.3 is 0 Å². The Morgan fingerprint density at radius 1 is 1.30 bits per heavy atom. The first kappa shape index (κ1) is 14.4. The highest BCUT2D eigenvalue weighted by Crippen LogP contribution is 2.28. The van der Waals surface area contributed by atoms with Crippen molar-refractivity contribution in [2.24, 2.45) is 5.10 Å². The molecule has 2 rings (SSSR count). The minimum Gasteiger partial charge on any atom is -0.245 e. The van der Waals surface area contributed by atoms with Crippen LogP contribution in [0.15, 0.2) is 23.3 Å². The fourth-order valence-electron chi connectivity index (χ4n) is 1.32. The van der Waals surface area contributed by atoms with Gasteiger partial charge in [-0.05, 0) is 25.1 Å². The zero-order valence-corrected chi connectivity index (χ0v) is 10.9. The zero-order valence-electron chi connectivity index (χ0n) is 10.1. The minimum absolute atomic E-state index is 0.159. The molecule has 2 aromatic heterocycles. The maximum absolute atomic E-state index is 12.7. The Morgan fingerprint density at radius 2 is 2.05 bits per heavy atom. The van der Waals surface area contributed by atoms with Crippen LogP contribution in [0.4, 0.5) is 23.5 Å². The van der Waals surface area contributed by atoms with Crippen molar-refractivity contribution in [3.63, 3.8) is 0 Å². The van der Waals surface area contributed by atoms with E-state index in [0.29, 0.717) is 4.88 Å². The smallest absolute Gasteiger partial charge is 0.245 e. The van der Waals surface area contributed by atoms with Crippen molar-refractivity contribution >= 4 is 23.5 Å². The van der Waals surface area contributed by atoms with Crippen molar-refractivity contribution in [2.75, 3.05) is 5.43 Å². The molecule has 0 unspecified atom stereocenters. The Labute approximate surface area is 115 Å². The number of nitrogens with zero attached hydrogens (tertiary/aromatic N) is 3. The lowest BCUT2D eigenvalue weighted by molar-refractivity contribution is -0.141. The summed E-state index contributed by atoms with van der Waals surface area (Å²) in [5.41, 5.74) is 1.40. The highest BCUT2D eigenvalue weighted by Gasteiger charge is 2.33. The van der Waals surface area contributed by atoms with Crippen molar-refractivity contribution in [1.82, 2.24) is 9.97 Å². The second-order valence-electron chi connectivity index (χ2n) is 3.73. The number of nitrogens with one attached hydrogen (secondary N) is 1. The van der Waals surface area contributed by atoms with Gasteiger partial charge in [-0.15, -0.1) is 11.3 Å². The lowest BCUT2D eigenvalue weighted by atomic mass is 10.3. The molecule has 0 aromatic carbocycles. The highest BCUT2D eigenvalue weighted by molar-refractivity contribution is 7.12. The van der Waals surface area contributed by atoms with Crippen LogP contribution in [0.1, 0.15) is 16.3 Å². The second kappa shape index (κ2) is 5.53. The summed E-state index contributed by atoms with van der Waals surface area (Å²) < 4.78 is 50.3. The summed E-state index contributed by atoms with van der Waals surface area (Å²) in [5.74, 6) is -0.273. The molecule has 1 N–H and O–H groups in total. The second-order valence-corrected chi connectivity index (χ2v) is 4.79. The Hall–Kier alpha value is -2.03. The van der Waals surface area contributed by atoms with Gasteiger partial charge in [0, 0.05) is 5.69 Å². The fraction of sp³-hybridized carbons (Fsp3) is 0.182. The van der Waals surface area contributed by atoms with Crippen LogP contribution in [0.3, 0.4) is 0 Å². The number of alkyl halides is 3. The summed E-state index contributed by atoms with van der Waals surface area (Å²) in [6.45, 7) is 1.42. The van der Waals surface area contributed by atoms with Gasteiger partial charge >= 0.3 is 6.18 Å². The molecule has 0 aliphatic heterocycles. The van der Waals surface area contributed by atoms with Gasteiger partial charge in [0.1, 0.15) is 5.69 Å².